The Hall–Kier alpha value is -1.05. The zero-order valence-corrected chi connectivity index (χ0v) is 13.7. The van der Waals surface area contributed by atoms with Crippen LogP contribution in [0.25, 0.3) is 0 Å². The van der Waals surface area contributed by atoms with Gasteiger partial charge in [0, 0.05) is 16.2 Å². The minimum Gasteiger partial charge on any atom is -0.380 e. The van der Waals surface area contributed by atoms with Gasteiger partial charge in [-0.25, -0.2) is 0 Å². The van der Waals surface area contributed by atoms with E-state index in [1.54, 1.807) is 6.07 Å². The van der Waals surface area contributed by atoms with Crippen LogP contribution in [0.15, 0.2) is 36.4 Å². The van der Waals surface area contributed by atoms with Gasteiger partial charge >= 0.3 is 0 Å². The monoisotopic (exact) mass is 422 g/mol. The molecule has 4 nitrogen and oxygen atoms in total. The number of hydrogen-bond acceptors (Lipinski definition) is 3. The predicted molar refractivity (Wildman–Crippen MR) is 89.6 cm³/mol. The molecule has 0 radical (unpaired) electrons. The molecule has 0 aliphatic carbocycles. The number of nitrogens with zero attached hydrogens (tertiary/aromatic N) is 1. The first-order valence-electron chi connectivity index (χ1n) is 5.59. The van der Waals surface area contributed by atoms with E-state index in [0.29, 0.717) is 11.6 Å². The fraction of sp³-hybridized carbons (Fsp3) is 0.0769. The molecule has 0 fully saturated rings. The highest BCUT2D eigenvalue weighted by molar-refractivity contribution is 14.1. The second-order valence-electron chi connectivity index (χ2n) is 4.02. The first-order valence-corrected chi connectivity index (χ1v) is 7.42. The van der Waals surface area contributed by atoms with Crippen LogP contribution in [-0.2, 0) is 6.54 Å². The maximum absolute atomic E-state index is 10.8. The van der Waals surface area contributed by atoms with Crippen LogP contribution >= 0.6 is 45.8 Å². The zero-order valence-electron chi connectivity index (χ0n) is 10.1. The van der Waals surface area contributed by atoms with Crippen LogP contribution in [0.1, 0.15) is 5.56 Å². The minimum atomic E-state index is -0.496. The van der Waals surface area contributed by atoms with Gasteiger partial charge in [-0.3, -0.25) is 10.1 Å². The SMILES string of the molecule is O=[N+]([O-])c1cc(CNc2ccc(I)cc2Cl)ccc1Cl. The van der Waals surface area contributed by atoms with Crippen LogP contribution in [0.4, 0.5) is 11.4 Å². The molecule has 2 aromatic rings. The molecule has 0 unspecified atom stereocenters. The Morgan fingerprint density at radius 1 is 1.15 bits per heavy atom. The highest BCUT2D eigenvalue weighted by atomic mass is 127. The van der Waals surface area contributed by atoms with Gasteiger partial charge < -0.3 is 5.32 Å². The highest BCUT2D eigenvalue weighted by Crippen LogP contribution is 2.27. The number of nitrogens with one attached hydrogen (secondary N) is 1. The van der Waals surface area contributed by atoms with Crippen LogP contribution in [0.2, 0.25) is 10.0 Å². The second kappa shape index (κ2) is 6.60. The zero-order chi connectivity index (χ0) is 14.7. The third-order valence-corrected chi connectivity index (χ3v) is 3.92. The molecule has 2 rings (SSSR count). The summed E-state index contributed by atoms with van der Waals surface area (Å²) in [4.78, 5) is 10.3. The molecule has 104 valence electrons. The number of benzene rings is 2. The lowest BCUT2D eigenvalue weighted by atomic mass is 10.2. The Morgan fingerprint density at radius 3 is 2.55 bits per heavy atom. The summed E-state index contributed by atoms with van der Waals surface area (Å²) in [5, 5.41) is 14.7. The van der Waals surface area contributed by atoms with Crippen molar-refractivity contribution in [2.75, 3.05) is 5.32 Å². The maximum Gasteiger partial charge on any atom is 0.288 e. The number of anilines is 1. The highest BCUT2D eigenvalue weighted by Gasteiger charge is 2.12. The fourth-order valence-corrected chi connectivity index (χ4v) is 2.75. The first kappa shape index (κ1) is 15.3. The topological polar surface area (TPSA) is 55.2 Å². The van der Waals surface area contributed by atoms with E-state index >= 15 is 0 Å². The lowest BCUT2D eigenvalue weighted by molar-refractivity contribution is -0.384. The van der Waals surface area contributed by atoms with E-state index in [1.807, 2.05) is 18.2 Å². The third kappa shape index (κ3) is 3.74. The number of nitro benzene ring substituents is 1. The van der Waals surface area contributed by atoms with Crippen molar-refractivity contribution in [2.24, 2.45) is 0 Å². The van der Waals surface area contributed by atoms with Gasteiger partial charge in [0.15, 0.2) is 0 Å². The Kier molecular flexibility index (Phi) is 5.06. The quantitative estimate of drug-likeness (QED) is 0.422. The Labute approximate surface area is 139 Å². The summed E-state index contributed by atoms with van der Waals surface area (Å²) in [6, 6.07) is 10.4. The molecule has 1 N–H and O–H groups in total. The maximum atomic E-state index is 10.8. The van der Waals surface area contributed by atoms with Crippen molar-refractivity contribution in [3.05, 3.63) is 65.7 Å². The normalized spacial score (nSPS) is 10.3. The molecule has 0 saturated carbocycles. The van der Waals surface area contributed by atoms with Gasteiger partial charge in [0.1, 0.15) is 5.02 Å². The summed E-state index contributed by atoms with van der Waals surface area (Å²) in [5.41, 5.74) is 1.44. The van der Waals surface area contributed by atoms with E-state index in [0.717, 1.165) is 14.8 Å². The van der Waals surface area contributed by atoms with Gasteiger partial charge in [0.05, 0.1) is 15.6 Å². The molecule has 7 heteroatoms. The van der Waals surface area contributed by atoms with Crippen molar-refractivity contribution in [3.63, 3.8) is 0 Å². The molecule has 2 aromatic carbocycles. The van der Waals surface area contributed by atoms with Gasteiger partial charge in [-0.1, -0.05) is 29.3 Å². The lowest BCUT2D eigenvalue weighted by Crippen LogP contribution is -2.01. The average molecular weight is 423 g/mol. The number of nitro groups is 1. The van der Waals surface area contributed by atoms with Crippen molar-refractivity contribution in [3.8, 4) is 0 Å². The van der Waals surface area contributed by atoms with Crippen molar-refractivity contribution in [1.82, 2.24) is 0 Å². The number of halogens is 3. The molecule has 0 atom stereocenters. The Balaban J connectivity index is 2.15. The third-order valence-electron chi connectivity index (χ3n) is 2.62. The summed E-state index contributed by atoms with van der Waals surface area (Å²) in [6.07, 6.45) is 0. The molecule has 0 saturated heterocycles. The van der Waals surface area contributed by atoms with E-state index in [1.165, 1.54) is 12.1 Å². The molecule has 0 bridgehead atoms. The Morgan fingerprint density at radius 2 is 1.90 bits per heavy atom. The van der Waals surface area contributed by atoms with E-state index < -0.39 is 4.92 Å². The van der Waals surface area contributed by atoms with Crippen molar-refractivity contribution in [2.45, 2.75) is 6.54 Å². The van der Waals surface area contributed by atoms with Gasteiger partial charge in [-0.2, -0.15) is 0 Å². The van der Waals surface area contributed by atoms with Crippen LogP contribution in [0, 0.1) is 13.7 Å². The molecule has 0 aromatic heterocycles. The summed E-state index contributed by atoms with van der Waals surface area (Å²) in [7, 11) is 0. The molecule has 0 aliphatic heterocycles. The summed E-state index contributed by atoms with van der Waals surface area (Å²) in [5.74, 6) is 0. The van der Waals surface area contributed by atoms with Gasteiger partial charge in [0.25, 0.3) is 5.69 Å². The van der Waals surface area contributed by atoms with E-state index in [4.69, 9.17) is 23.2 Å². The molecular formula is C13H9Cl2IN2O2. The van der Waals surface area contributed by atoms with E-state index in [9.17, 15) is 10.1 Å². The van der Waals surface area contributed by atoms with Crippen LogP contribution < -0.4 is 5.32 Å². The van der Waals surface area contributed by atoms with E-state index in [2.05, 4.69) is 27.9 Å². The molecule has 0 spiro atoms. The predicted octanol–water partition coefficient (Wildman–Crippen LogP) is 5.12. The molecule has 0 heterocycles. The van der Waals surface area contributed by atoms with Crippen molar-refractivity contribution < 1.29 is 4.92 Å². The summed E-state index contributed by atoms with van der Waals surface area (Å²) in [6.45, 7) is 0.429. The molecular weight excluding hydrogens is 414 g/mol. The number of hydrogen-bond donors (Lipinski definition) is 1. The van der Waals surface area contributed by atoms with Gasteiger partial charge in [0.2, 0.25) is 0 Å². The minimum absolute atomic E-state index is 0.0975. The van der Waals surface area contributed by atoms with Crippen LogP contribution in [0.3, 0.4) is 0 Å². The smallest absolute Gasteiger partial charge is 0.288 e. The van der Waals surface area contributed by atoms with Gasteiger partial charge in [-0.05, 0) is 52.4 Å². The summed E-state index contributed by atoms with van der Waals surface area (Å²) >= 11 is 14.0. The fourth-order valence-electron chi connectivity index (χ4n) is 1.64. The average Bonchev–Trinajstić information content (AvgIpc) is 2.39. The van der Waals surface area contributed by atoms with Crippen molar-refractivity contribution >= 4 is 57.2 Å². The van der Waals surface area contributed by atoms with E-state index in [-0.39, 0.29) is 10.7 Å². The standard InChI is InChI=1S/C13H9Cl2IN2O2/c14-10-3-1-8(5-13(10)18(19)20)7-17-12-4-2-9(16)6-11(12)15/h1-6,17H,7H2. The largest absolute Gasteiger partial charge is 0.380 e. The van der Waals surface area contributed by atoms with Gasteiger partial charge in [-0.15, -0.1) is 0 Å². The molecule has 0 amide bonds. The first-order chi connectivity index (χ1) is 9.47. The molecule has 20 heavy (non-hydrogen) atoms. The van der Waals surface area contributed by atoms with Crippen molar-refractivity contribution in [1.29, 1.82) is 0 Å². The Bertz CT molecular complexity index is 665. The lowest BCUT2D eigenvalue weighted by Gasteiger charge is -2.09. The van der Waals surface area contributed by atoms with Crippen LogP contribution in [0.5, 0.6) is 0 Å². The van der Waals surface area contributed by atoms with Crippen LogP contribution in [-0.4, -0.2) is 4.92 Å². The number of rotatable bonds is 4. The molecule has 0 aliphatic rings. The second-order valence-corrected chi connectivity index (χ2v) is 6.08. The summed E-state index contributed by atoms with van der Waals surface area (Å²) < 4.78 is 1.04.